The van der Waals surface area contributed by atoms with Crippen LogP contribution in [0, 0.1) is 0 Å². The molecule has 1 atom stereocenters. The van der Waals surface area contributed by atoms with E-state index in [1.807, 2.05) is 32.0 Å². The minimum Gasteiger partial charge on any atom is -0.478 e. The predicted octanol–water partition coefficient (Wildman–Crippen LogP) is 4.47. The van der Waals surface area contributed by atoms with Crippen molar-refractivity contribution in [3.05, 3.63) is 65.5 Å². The first-order valence-electron chi connectivity index (χ1n) is 13.3. The van der Waals surface area contributed by atoms with Crippen LogP contribution < -0.4 is 20.3 Å². The summed E-state index contributed by atoms with van der Waals surface area (Å²) in [6.45, 7) is 5.26. The first-order chi connectivity index (χ1) is 19.5. The Bertz CT molecular complexity index is 1430. The lowest BCUT2D eigenvalue weighted by Crippen LogP contribution is -2.55. The van der Waals surface area contributed by atoms with Crippen molar-refractivity contribution in [3.8, 4) is 17.0 Å². The summed E-state index contributed by atoms with van der Waals surface area (Å²) in [4.78, 5) is 39.2. The fourth-order valence-electron chi connectivity index (χ4n) is 5.00. The van der Waals surface area contributed by atoms with Crippen molar-refractivity contribution in [1.29, 1.82) is 0 Å². The normalized spacial score (nSPS) is 15.5. The van der Waals surface area contributed by atoms with E-state index in [0.29, 0.717) is 49.8 Å². The molecule has 218 valence electrons. The Labute approximate surface area is 236 Å². The maximum Gasteiger partial charge on any atom is 0.433 e. The Morgan fingerprint density at radius 1 is 1.10 bits per heavy atom. The number of halogens is 3. The van der Waals surface area contributed by atoms with Gasteiger partial charge in [-0.05, 0) is 55.3 Å². The highest BCUT2D eigenvalue weighted by Gasteiger charge is 2.36. The number of pyridine rings is 2. The molecular formula is C29H33F3N6O3. The number of alkyl halides is 3. The van der Waals surface area contributed by atoms with E-state index < -0.39 is 23.7 Å². The fourth-order valence-corrected chi connectivity index (χ4v) is 5.00. The number of benzene rings is 1. The number of carbonyl (C=O) groups excluding carboxylic acids is 2. The van der Waals surface area contributed by atoms with Crippen LogP contribution in [-0.4, -0.2) is 73.1 Å². The number of carbonyl (C=O) groups is 2. The van der Waals surface area contributed by atoms with Gasteiger partial charge in [0.25, 0.3) is 11.8 Å². The Morgan fingerprint density at radius 3 is 2.49 bits per heavy atom. The van der Waals surface area contributed by atoms with Gasteiger partial charge in [0.1, 0.15) is 11.5 Å². The maximum absolute atomic E-state index is 13.5. The summed E-state index contributed by atoms with van der Waals surface area (Å²) in [6.07, 6.45) is -2.35. The molecule has 0 aliphatic carbocycles. The third-order valence-corrected chi connectivity index (χ3v) is 7.00. The molecule has 3 aromatic rings. The SMILES string of the molecule is CCOc1ncccc1-c1ccc(N2CCN(C(=O)c3ccc(C(F)(F)F)nc3N(C)C)C[C@H]2CC)c(C(N)=O)c1. The summed E-state index contributed by atoms with van der Waals surface area (Å²) >= 11 is 0. The summed E-state index contributed by atoms with van der Waals surface area (Å²) in [7, 11) is 3.09. The van der Waals surface area contributed by atoms with Crippen molar-refractivity contribution in [2.75, 3.05) is 50.1 Å². The van der Waals surface area contributed by atoms with Crippen molar-refractivity contribution in [3.63, 3.8) is 0 Å². The summed E-state index contributed by atoms with van der Waals surface area (Å²) in [6, 6.07) is 10.9. The average Bonchev–Trinajstić information content (AvgIpc) is 2.95. The Hall–Kier alpha value is -4.35. The first-order valence-corrected chi connectivity index (χ1v) is 13.3. The van der Waals surface area contributed by atoms with Gasteiger partial charge in [-0.15, -0.1) is 0 Å². The summed E-state index contributed by atoms with van der Waals surface area (Å²) < 4.78 is 45.4. The number of hydrogen-bond donors (Lipinski definition) is 1. The van der Waals surface area contributed by atoms with Crippen molar-refractivity contribution in [2.24, 2.45) is 5.73 Å². The van der Waals surface area contributed by atoms with Gasteiger partial charge in [-0.25, -0.2) is 9.97 Å². The summed E-state index contributed by atoms with van der Waals surface area (Å²) in [5.74, 6) is -0.595. The monoisotopic (exact) mass is 570 g/mol. The molecule has 2 N–H and O–H groups in total. The lowest BCUT2D eigenvalue weighted by atomic mass is 9.99. The van der Waals surface area contributed by atoms with Gasteiger partial charge < -0.3 is 25.2 Å². The van der Waals surface area contributed by atoms with Gasteiger partial charge in [0.05, 0.1) is 17.7 Å². The number of anilines is 2. The number of hydrogen-bond acceptors (Lipinski definition) is 7. The molecule has 0 saturated carbocycles. The number of piperazine rings is 1. The molecule has 1 aliphatic rings. The number of ether oxygens (including phenoxy) is 1. The highest BCUT2D eigenvalue weighted by molar-refractivity contribution is 6.01. The van der Waals surface area contributed by atoms with E-state index in [2.05, 4.69) is 14.9 Å². The summed E-state index contributed by atoms with van der Waals surface area (Å²) in [5.41, 5.74) is 7.29. The number of nitrogens with two attached hydrogens (primary N) is 1. The lowest BCUT2D eigenvalue weighted by molar-refractivity contribution is -0.141. The smallest absolute Gasteiger partial charge is 0.433 e. The van der Waals surface area contributed by atoms with Crippen LogP contribution in [0.3, 0.4) is 0 Å². The van der Waals surface area contributed by atoms with E-state index in [4.69, 9.17) is 10.5 Å². The number of aromatic nitrogens is 2. The third-order valence-electron chi connectivity index (χ3n) is 7.00. The number of nitrogens with zero attached hydrogens (tertiary/aromatic N) is 5. The summed E-state index contributed by atoms with van der Waals surface area (Å²) in [5, 5.41) is 0. The highest BCUT2D eigenvalue weighted by Crippen LogP contribution is 2.35. The molecule has 1 aromatic carbocycles. The molecular weight excluding hydrogens is 537 g/mol. The molecule has 12 heteroatoms. The van der Waals surface area contributed by atoms with Crippen LogP contribution in [0.2, 0.25) is 0 Å². The molecule has 0 radical (unpaired) electrons. The predicted molar refractivity (Wildman–Crippen MR) is 150 cm³/mol. The molecule has 41 heavy (non-hydrogen) atoms. The van der Waals surface area contributed by atoms with Crippen LogP contribution in [0.4, 0.5) is 24.7 Å². The van der Waals surface area contributed by atoms with Gasteiger partial charge >= 0.3 is 6.18 Å². The van der Waals surface area contributed by atoms with E-state index in [0.717, 1.165) is 17.2 Å². The second-order valence-electron chi connectivity index (χ2n) is 9.85. The second kappa shape index (κ2) is 12.0. The van der Waals surface area contributed by atoms with Crippen LogP contribution in [0.25, 0.3) is 11.1 Å². The van der Waals surface area contributed by atoms with Crippen molar-refractivity contribution in [1.82, 2.24) is 14.9 Å². The molecule has 4 rings (SSSR count). The average molecular weight is 571 g/mol. The zero-order valence-electron chi connectivity index (χ0n) is 23.4. The Kier molecular flexibility index (Phi) is 8.69. The van der Waals surface area contributed by atoms with Crippen LogP contribution in [0.15, 0.2) is 48.7 Å². The minimum absolute atomic E-state index is 0.0475. The van der Waals surface area contributed by atoms with Gasteiger partial charge in [0.15, 0.2) is 0 Å². The van der Waals surface area contributed by atoms with Crippen LogP contribution in [0.5, 0.6) is 5.88 Å². The van der Waals surface area contributed by atoms with Crippen LogP contribution >= 0.6 is 0 Å². The Morgan fingerprint density at radius 2 is 1.85 bits per heavy atom. The maximum atomic E-state index is 13.5. The molecule has 2 amide bonds. The van der Waals surface area contributed by atoms with Crippen LogP contribution in [0.1, 0.15) is 46.7 Å². The molecule has 0 unspecified atom stereocenters. The van der Waals surface area contributed by atoms with Crippen molar-refractivity contribution < 1.29 is 27.5 Å². The highest BCUT2D eigenvalue weighted by atomic mass is 19.4. The standard InChI is InChI=1S/C29H33F3N6O3/c1-5-19-17-37(28(40)21-10-12-24(29(30,31)32)35-26(21)36(3)4)14-15-38(19)23-11-9-18(16-22(23)25(33)39)20-8-7-13-34-27(20)41-6-2/h7-13,16,19H,5-6,14-15,17H2,1-4H3,(H2,33,39)/t19-/m1/s1. The van der Waals surface area contributed by atoms with E-state index in [1.54, 1.807) is 37.3 Å². The minimum atomic E-state index is -4.62. The van der Waals surface area contributed by atoms with E-state index >= 15 is 0 Å². The molecule has 3 heterocycles. The van der Waals surface area contributed by atoms with E-state index in [-0.39, 0.29) is 17.4 Å². The molecule has 1 saturated heterocycles. The van der Waals surface area contributed by atoms with Gasteiger partial charge in [-0.2, -0.15) is 13.2 Å². The zero-order valence-corrected chi connectivity index (χ0v) is 23.4. The van der Waals surface area contributed by atoms with Crippen molar-refractivity contribution in [2.45, 2.75) is 32.5 Å². The second-order valence-corrected chi connectivity index (χ2v) is 9.85. The van der Waals surface area contributed by atoms with Crippen molar-refractivity contribution >= 4 is 23.3 Å². The van der Waals surface area contributed by atoms with Gasteiger partial charge in [0, 0.05) is 57.2 Å². The zero-order chi connectivity index (χ0) is 29.9. The quantitative estimate of drug-likeness (QED) is 0.426. The van der Waals surface area contributed by atoms with Gasteiger partial charge in [-0.1, -0.05) is 13.0 Å². The fraction of sp³-hybridized carbons (Fsp3) is 0.379. The molecule has 9 nitrogen and oxygen atoms in total. The van der Waals surface area contributed by atoms with Crippen LogP contribution in [-0.2, 0) is 6.18 Å². The Balaban J connectivity index is 1.62. The molecule has 0 bridgehead atoms. The number of amides is 2. The molecule has 1 aliphatic heterocycles. The molecule has 0 spiro atoms. The number of primary amides is 1. The van der Waals surface area contributed by atoms with E-state index in [1.165, 1.54) is 11.0 Å². The van der Waals surface area contributed by atoms with E-state index in [9.17, 15) is 22.8 Å². The topological polar surface area (TPSA) is 105 Å². The number of rotatable bonds is 8. The third kappa shape index (κ3) is 6.21. The molecule has 2 aromatic heterocycles. The lowest BCUT2D eigenvalue weighted by Gasteiger charge is -2.43. The first kappa shape index (κ1) is 29.6. The van der Waals surface area contributed by atoms with Gasteiger partial charge in [-0.3, -0.25) is 9.59 Å². The molecule has 1 fully saturated rings. The largest absolute Gasteiger partial charge is 0.478 e. The van der Waals surface area contributed by atoms with Gasteiger partial charge in [0.2, 0.25) is 5.88 Å².